The number of nitrogens with zero attached hydrogens (tertiary/aromatic N) is 1. The van der Waals surface area contributed by atoms with Crippen LogP contribution >= 0.6 is 47.0 Å². The molecule has 0 spiro atoms. The van der Waals surface area contributed by atoms with Crippen LogP contribution in [0, 0.1) is 16.0 Å². The summed E-state index contributed by atoms with van der Waals surface area (Å²) in [7, 11) is 0. The van der Waals surface area contributed by atoms with E-state index in [-0.39, 0.29) is 9.36 Å². The molecule has 0 aromatic rings. The Hall–Kier alpha value is -0.230. The lowest BCUT2D eigenvalue weighted by Crippen LogP contribution is -2.34. The van der Waals surface area contributed by atoms with Crippen LogP contribution in [-0.4, -0.2) is 14.2 Å². The summed E-state index contributed by atoms with van der Waals surface area (Å²) in [6, 6.07) is 0. The number of hydrogen-bond acceptors (Lipinski definition) is 3. The highest BCUT2D eigenvalue weighted by atomic mass is 35.5. The molecule has 0 bridgehead atoms. The summed E-state index contributed by atoms with van der Waals surface area (Å²) in [5, 5.41) is 10.5. The average Bonchev–Trinajstić information content (AvgIpc) is 2.10. The Bertz CT molecular complexity index is 398. The molecule has 0 radical (unpaired) electrons. The van der Waals surface area contributed by atoms with Gasteiger partial charge in [0, 0.05) is 11.1 Å². The van der Waals surface area contributed by atoms with Crippen molar-refractivity contribution in [1.29, 1.82) is 0 Å². The topological polar surface area (TPSA) is 43.1 Å². The van der Waals surface area contributed by atoms with E-state index >= 15 is 0 Å². The van der Waals surface area contributed by atoms with Crippen molar-refractivity contribution in [3.8, 4) is 0 Å². The first kappa shape index (κ1) is 12.8. The number of alkyl halides is 1. The molecule has 82 valence electrons. The summed E-state index contributed by atoms with van der Waals surface area (Å²) in [6.07, 6.45) is 1.62. The highest BCUT2D eigenvalue weighted by molar-refractivity contribution is 7.83. The van der Waals surface area contributed by atoms with Crippen LogP contribution in [0.2, 0.25) is 0 Å². The second-order valence-corrected chi connectivity index (χ2v) is 4.84. The number of allylic oxidation sites excluding steroid dienone is 2. The number of halogens is 4. The molecule has 0 N–H and O–H groups in total. The molecule has 0 fully saturated rings. The van der Waals surface area contributed by atoms with Gasteiger partial charge in [0.25, 0.3) is 0 Å². The van der Waals surface area contributed by atoms with Crippen molar-refractivity contribution in [2.45, 2.75) is 5.00 Å². The lowest BCUT2D eigenvalue weighted by molar-refractivity contribution is -0.520. The molecule has 1 aliphatic carbocycles. The molecular formula is C7H3Cl3FNO2S. The Morgan fingerprint density at radius 3 is 2.67 bits per heavy atom. The highest BCUT2D eigenvalue weighted by Crippen LogP contribution is 2.39. The summed E-state index contributed by atoms with van der Waals surface area (Å²) in [4.78, 5) is 7.09. The van der Waals surface area contributed by atoms with E-state index in [4.69, 9.17) is 34.8 Å². The molecule has 2 unspecified atom stereocenters. The maximum absolute atomic E-state index is 13.3. The van der Waals surface area contributed by atoms with Crippen LogP contribution in [0.3, 0.4) is 0 Å². The van der Waals surface area contributed by atoms with E-state index in [9.17, 15) is 14.5 Å². The molecule has 0 saturated carbocycles. The van der Waals surface area contributed by atoms with Gasteiger partial charge in [-0.1, -0.05) is 35.4 Å². The van der Waals surface area contributed by atoms with Crippen LogP contribution in [0.15, 0.2) is 23.0 Å². The van der Waals surface area contributed by atoms with Crippen LogP contribution in [-0.2, 0) is 0 Å². The maximum atomic E-state index is 13.3. The van der Waals surface area contributed by atoms with Crippen molar-refractivity contribution in [1.82, 2.24) is 0 Å². The highest BCUT2D eigenvalue weighted by Gasteiger charge is 2.48. The van der Waals surface area contributed by atoms with Crippen LogP contribution in [0.25, 0.3) is 0 Å². The Morgan fingerprint density at radius 2 is 2.27 bits per heavy atom. The third kappa shape index (κ3) is 2.30. The fourth-order valence-electron chi connectivity index (χ4n) is 0.998. The summed E-state index contributed by atoms with van der Waals surface area (Å²) < 4.78 is 13.2. The second-order valence-electron chi connectivity index (χ2n) is 2.76. The van der Waals surface area contributed by atoms with Gasteiger partial charge in [-0.25, -0.2) is 4.39 Å². The predicted molar refractivity (Wildman–Crippen MR) is 60.6 cm³/mol. The van der Waals surface area contributed by atoms with Gasteiger partial charge in [0.15, 0.2) is 5.83 Å². The molecule has 0 aromatic heterocycles. The molecule has 0 saturated heterocycles. The second kappa shape index (κ2) is 4.33. The SMILES string of the molecule is O=[N+]([O-])C1(Cl)C=C(Cl)C(C(=S)Cl)C=C1F. The molecule has 0 aromatic carbocycles. The van der Waals surface area contributed by atoms with Crippen molar-refractivity contribution < 1.29 is 9.31 Å². The molecule has 2 atom stereocenters. The molecular weight excluding hydrogens is 288 g/mol. The largest absolute Gasteiger partial charge is 0.365 e. The van der Waals surface area contributed by atoms with Gasteiger partial charge in [-0.2, -0.15) is 0 Å². The van der Waals surface area contributed by atoms with Crippen LogP contribution in [0.4, 0.5) is 4.39 Å². The quantitative estimate of drug-likeness (QED) is 0.196. The van der Waals surface area contributed by atoms with Gasteiger partial charge >= 0.3 is 5.00 Å². The van der Waals surface area contributed by atoms with Crippen LogP contribution in [0.1, 0.15) is 0 Å². The third-order valence-electron chi connectivity index (χ3n) is 1.78. The lowest BCUT2D eigenvalue weighted by atomic mass is 10.0. The minimum absolute atomic E-state index is 0.0666. The van der Waals surface area contributed by atoms with Crippen molar-refractivity contribution in [2.24, 2.45) is 5.92 Å². The minimum atomic E-state index is -2.45. The van der Waals surface area contributed by atoms with E-state index in [1.807, 2.05) is 0 Å². The fourth-order valence-corrected chi connectivity index (χ4v) is 2.06. The Labute approximate surface area is 105 Å². The van der Waals surface area contributed by atoms with Crippen molar-refractivity contribution >= 4 is 51.3 Å². The van der Waals surface area contributed by atoms with E-state index in [0.717, 1.165) is 12.2 Å². The number of rotatable bonds is 2. The summed E-state index contributed by atoms with van der Waals surface area (Å²) in [5.74, 6) is -2.00. The van der Waals surface area contributed by atoms with Gasteiger partial charge < -0.3 is 0 Å². The normalized spacial score (nSPS) is 30.5. The lowest BCUT2D eigenvalue weighted by Gasteiger charge is -2.21. The molecule has 8 heteroatoms. The predicted octanol–water partition coefficient (Wildman–Crippen LogP) is 3.37. The minimum Gasteiger partial charge on any atom is -0.262 e. The first-order chi connectivity index (χ1) is 6.79. The third-order valence-corrected chi connectivity index (χ3v) is 3.05. The molecule has 0 aliphatic heterocycles. The molecule has 1 rings (SSSR count). The van der Waals surface area contributed by atoms with Crippen LogP contribution < -0.4 is 0 Å². The van der Waals surface area contributed by atoms with Gasteiger partial charge in [0.1, 0.15) is 0 Å². The average molecular weight is 291 g/mol. The zero-order valence-corrected chi connectivity index (χ0v) is 10.0. The van der Waals surface area contributed by atoms with E-state index in [2.05, 4.69) is 12.2 Å². The molecule has 0 heterocycles. The number of nitro groups is 1. The van der Waals surface area contributed by atoms with Gasteiger partial charge in [0.05, 0.1) is 15.2 Å². The number of hydrogen-bond donors (Lipinski definition) is 0. The summed E-state index contributed by atoms with van der Waals surface area (Å²) in [6.45, 7) is 0. The zero-order valence-electron chi connectivity index (χ0n) is 6.92. The molecule has 0 amide bonds. The Balaban J connectivity index is 3.19. The first-order valence-electron chi connectivity index (χ1n) is 3.58. The summed E-state index contributed by atoms with van der Waals surface area (Å²) in [5.41, 5.74) is 0. The monoisotopic (exact) mass is 289 g/mol. The smallest absolute Gasteiger partial charge is 0.262 e. The van der Waals surface area contributed by atoms with Crippen molar-refractivity contribution in [3.63, 3.8) is 0 Å². The van der Waals surface area contributed by atoms with Gasteiger partial charge in [-0.05, 0) is 17.7 Å². The maximum Gasteiger partial charge on any atom is 0.365 e. The standard InChI is InChI=1S/C7H3Cl3FNO2S/c8-4-2-7(10,12(13)14)5(11)1-3(4)6(9)15/h1-3H. The number of thiocarbonyl (C=S) groups is 1. The van der Waals surface area contributed by atoms with Gasteiger partial charge in [0.2, 0.25) is 0 Å². The van der Waals surface area contributed by atoms with E-state index in [1.54, 1.807) is 0 Å². The molecule has 3 nitrogen and oxygen atoms in total. The zero-order chi connectivity index (χ0) is 11.8. The molecule has 1 aliphatic rings. The summed E-state index contributed by atoms with van der Waals surface area (Å²) >= 11 is 21.2. The van der Waals surface area contributed by atoms with E-state index < -0.39 is 21.7 Å². The van der Waals surface area contributed by atoms with Crippen LogP contribution in [0.5, 0.6) is 0 Å². The Kier molecular flexibility index (Phi) is 3.71. The Morgan fingerprint density at radius 1 is 1.73 bits per heavy atom. The van der Waals surface area contributed by atoms with Gasteiger partial charge in [-0.15, -0.1) is 0 Å². The van der Waals surface area contributed by atoms with E-state index in [1.165, 1.54) is 0 Å². The van der Waals surface area contributed by atoms with Crippen molar-refractivity contribution in [2.75, 3.05) is 0 Å². The van der Waals surface area contributed by atoms with E-state index in [0.29, 0.717) is 0 Å². The fraction of sp³-hybridized carbons (Fsp3) is 0.286. The molecule has 15 heavy (non-hydrogen) atoms. The van der Waals surface area contributed by atoms with Crippen molar-refractivity contribution in [3.05, 3.63) is 33.1 Å². The van der Waals surface area contributed by atoms with Gasteiger partial charge in [-0.3, -0.25) is 10.1 Å². The first-order valence-corrected chi connectivity index (χ1v) is 5.12.